The second kappa shape index (κ2) is 10.5. The molecule has 0 heterocycles. The van der Waals surface area contributed by atoms with Gasteiger partial charge in [0, 0.05) is 17.5 Å². The zero-order valence-corrected chi connectivity index (χ0v) is 18.7. The average Bonchev–Trinajstić information content (AvgIpc) is 2.60. The van der Waals surface area contributed by atoms with Crippen LogP contribution in [-0.2, 0) is 14.3 Å². The highest BCUT2D eigenvalue weighted by atomic mass is 19.1. The van der Waals surface area contributed by atoms with Crippen molar-refractivity contribution >= 4 is 12.1 Å². The van der Waals surface area contributed by atoms with E-state index in [1.807, 2.05) is 13.8 Å². The number of alkyl carbamates (subject to hydrolysis) is 1. The van der Waals surface area contributed by atoms with Gasteiger partial charge in [-0.3, -0.25) is 0 Å². The van der Waals surface area contributed by atoms with Crippen LogP contribution < -0.4 is 10.1 Å². The maximum absolute atomic E-state index is 13.6. The standard InChI is InChI=1S/C22H34FNO5/c1-9-13(2)19(17-11-10-16(23)12-18(17)27-8)15(4)28-20(25)14(3)24-21(26)29-22(5,6)7/h10-15,19H,9H2,1-8H3,(H,24,26)/t13?,14-,15-,19-/m0/s1. The van der Waals surface area contributed by atoms with Gasteiger partial charge in [-0.25, -0.2) is 14.0 Å². The molecule has 4 atom stereocenters. The molecule has 164 valence electrons. The summed E-state index contributed by atoms with van der Waals surface area (Å²) in [5, 5.41) is 2.48. The Bertz CT molecular complexity index is 701. The van der Waals surface area contributed by atoms with Crippen molar-refractivity contribution in [3.8, 4) is 5.75 Å². The molecule has 0 saturated heterocycles. The first-order chi connectivity index (χ1) is 13.4. The largest absolute Gasteiger partial charge is 0.496 e. The van der Waals surface area contributed by atoms with Crippen LogP contribution in [0.3, 0.4) is 0 Å². The van der Waals surface area contributed by atoms with Crippen LogP contribution in [0.1, 0.15) is 66.4 Å². The molecule has 0 aliphatic carbocycles. The zero-order valence-electron chi connectivity index (χ0n) is 18.7. The Labute approximate surface area is 173 Å². The van der Waals surface area contributed by atoms with Crippen LogP contribution in [0.15, 0.2) is 18.2 Å². The summed E-state index contributed by atoms with van der Waals surface area (Å²) in [5.74, 6) is -0.608. The first-order valence-electron chi connectivity index (χ1n) is 9.93. The van der Waals surface area contributed by atoms with Crippen LogP contribution in [0.2, 0.25) is 0 Å². The lowest BCUT2D eigenvalue weighted by molar-refractivity contribution is -0.152. The van der Waals surface area contributed by atoms with Crippen molar-refractivity contribution in [3.05, 3.63) is 29.6 Å². The summed E-state index contributed by atoms with van der Waals surface area (Å²) in [7, 11) is 1.48. The minimum absolute atomic E-state index is 0.145. The number of carbonyl (C=O) groups is 2. The summed E-state index contributed by atoms with van der Waals surface area (Å²) in [6.07, 6.45) is -0.369. The van der Waals surface area contributed by atoms with Gasteiger partial charge in [0.05, 0.1) is 7.11 Å². The van der Waals surface area contributed by atoms with Gasteiger partial charge in [-0.15, -0.1) is 0 Å². The van der Waals surface area contributed by atoms with Gasteiger partial charge in [-0.05, 0) is 46.6 Å². The third kappa shape index (κ3) is 7.55. The summed E-state index contributed by atoms with van der Waals surface area (Å²) < 4.78 is 29.8. The molecule has 1 N–H and O–H groups in total. The highest BCUT2D eigenvalue weighted by Gasteiger charge is 2.31. The first kappa shape index (κ1) is 24.7. The van der Waals surface area contributed by atoms with Gasteiger partial charge in [-0.1, -0.05) is 26.3 Å². The van der Waals surface area contributed by atoms with Crippen molar-refractivity contribution < 1.29 is 28.2 Å². The minimum atomic E-state index is -0.875. The van der Waals surface area contributed by atoms with E-state index in [4.69, 9.17) is 14.2 Å². The molecule has 0 spiro atoms. The van der Waals surface area contributed by atoms with Crippen molar-refractivity contribution in [1.29, 1.82) is 0 Å². The number of ether oxygens (including phenoxy) is 3. The number of nitrogens with one attached hydrogen (secondary N) is 1. The molecule has 0 aliphatic heterocycles. The number of methoxy groups -OCH3 is 1. The third-order valence-corrected chi connectivity index (χ3v) is 4.71. The van der Waals surface area contributed by atoms with Crippen molar-refractivity contribution in [2.24, 2.45) is 5.92 Å². The molecule has 1 rings (SSSR count). The van der Waals surface area contributed by atoms with E-state index in [1.165, 1.54) is 26.2 Å². The lowest BCUT2D eigenvalue weighted by atomic mass is 9.81. The van der Waals surface area contributed by atoms with E-state index in [0.29, 0.717) is 5.75 Å². The molecule has 1 aromatic rings. The Balaban J connectivity index is 2.95. The van der Waals surface area contributed by atoms with Crippen LogP contribution in [0.5, 0.6) is 5.75 Å². The quantitative estimate of drug-likeness (QED) is 0.622. The monoisotopic (exact) mass is 411 g/mol. The van der Waals surface area contributed by atoms with E-state index in [2.05, 4.69) is 5.32 Å². The molecule has 29 heavy (non-hydrogen) atoms. The number of esters is 1. The summed E-state index contributed by atoms with van der Waals surface area (Å²) in [4.78, 5) is 24.4. The maximum Gasteiger partial charge on any atom is 0.408 e. The van der Waals surface area contributed by atoms with Crippen molar-refractivity contribution in [1.82, 2.24) is 5.32 Å². The number of hydrogen-bond acceptors (Lipinski definition) is 5. The maximum atomic E-state index is 13.6. The SMILES string of the molecule is CCC(C)[C@H](c1ccc(F)cc1OC)[C@H](C)OC(=O)[C@H](C)NC(=O)OC(C)(C)C. The van der Waals surface area contributed by atoms with Crippen LogP contribution in [0.25, 0.3) is 0 Å². The molecule has 1 unspecified atom stereocenters. The van der Waals surface area contributed by atoms with E-state index in [0.717, 1.165) is 12.0 Å². The molecule has 0 aromatic heterocycles. The lowest BCUT2D eigenvalue weighted by Crippen LogP contribution is -2.43. The van der Waals surface area contributed by atoms with E-state index >= 15 is 0 Å². The van der Waals surface area contributed by atoms with Crippen LogP contribution in [0, 0.1) is 11.7 Å². The number of carbonyl (C=O) groups excluding carboxylic acids is 2. The average molecular weight is 412 g/mol. The normalized spacial score (nSPS) is 15.6. The second-order valence-corrected chi connectivity index (χ2v) is 8.31. The van der Waals surface area contributed by atoms with Gasteiger partial charge < -0.3 is 19.5 Å². The lowest BCUT2D eigenvalue weighted by Gasteiger charge is -2.31. The Morgan fingerprint density at radius 2 is 1.79 bits per heavy atom. The molecule has 0 saturated carbocycles. The molecule has 6 nitrogen and oxygen atoms in total. The van der Waals surface area contributed by atoms with Gasteiger partial charge in [0.1, 0.15) is 29.3 Å². The number of halogens is 1. The molecule has 7 heteroatoms. The summed E-state index contributed by atoms with van der Waals surface area (Å²) in [5.41, 5.74) is 0.109. The summed E-state index contributed by atoms with van der Waals surface area (Å²) >= 11 is 0. The van der Waals surface area contributed by atoms with E-state index in [1.54, 1.807) is 33.8 Å². The fourth-order valence-corrected chi connectivity index (χ4v) is 3.14. The zero-order chi connectivity index (χ0) is 22.4. The van der Waals surface area contributed by atoms with E-state index < -0.39 is 35.6 Å². The third-order valence-electron chi connectivity index (χ3n) is 4.71. The highest BCUT2D eigenvalue weighted by molar-refractivity contribution is 5.81. The molecule has 1 aromatic carbocycles. The Morgan fingerprint density at radius 1 is 1.17 bits per heavy atom. The first-order valence-corrected chi connectivity index (χ1v) is 9.93. The van der Waals surface area contributed by atoms with Crippen molar-refractivity contribution in [2.45, 2.75) is 78.6 Å². The highest BCUT2D eigenvalue weighted by Crippen LogP contribution is 2.37. The van der Waals surface area contributed by atoms with E-state index in [9.17, 15) is 14.0 Å². The Morgan fingerprint density at radius 3 is 2.31 bits per heavy atom. The predicted octanol–water partition coefficient (Wildman–Crippen LogP) is 4.81. The molecule has 1 amide bonds. The summed E-state index contributed by atoms with van der Waals surface area (Å²) in [6, 6.07) is 3.48. The topological polar surface area (TPSA) is 73.9 Å². The molecular formula is C22H34FNO5. The van der Waals surface area contributed by atoms with Gasteiger partial charge in [0.2, 0.25) is 0 Å². The smallest absolute Gasteiger partial charge is 0.408 e. The number of hydrogen-bond donors (Lipinski definition) is 1. The van der Waals surface area contributed by atoms with Crippen LogP contribution in [0.4, 0.5) is 9.18 Å². The molecule has 0 bridgehead atoms. The van der Waals surface area contributed by atoms with Gasteiger partial charge in [0.25, 0.3) is 0 Å². The van der Waals surface area contributed by atoms with Crippen molar-refractivity contribution in [2.75, 3.05) is 7.11 Å². The minimum Gasteiger partial charge on any atom is -0.496 e. The van der Waals surface area contributed by atoms with E-state index in [-0.39, 0.29) is 11.8 Å². The van der Waals surface area contributed by atoms with Gasteiger partial charge in [0.15, 0.2) is 0 Å². The van der Waals surface area contributed by atoms with Crippen LogP contribution in [-0.4, -0.2) is 36.9 Å². The molecule has 0 fully saturated rings. The Hall–Kier alpha value is -2.31. The molecule has 0 aliphatic rings. The number of amides is 1. The number of rotatable bonds is 8. The fraction of sp³-hybridized carbons (Fsp3) is 0.636. The summed E-state index contributed by atoms with van der Waals surface area (Å²) in [6.45, 7) is 12.6. The van der Waals surface area contributed by atoms with Crippen LogP contribution >= 0.6 is 0 Å². The molecule has 0 radical (unpaired) electrons. The Kier molecular flexibility index (Phi) is 8.92. The predicted molar refractivity (Wildman–Crippen MR) is 110 cm³/mol. The van der Waals surface area contributed by atoms with Gasteiger partial charge in [-0.2, -0.15) is 0 Å². The second-order valence-electron chi connectivity index (χ2n) is 8.31. The molecular weight excluding hydrogens is 377 g/mol. The number of benzene rings is 1. The van der Waals surface area contributed by atoms with Crippen molar-refractivity contribution in [3.63, 3.8) is 0 Å². The fourth-order valence-electron chi connectivity index (χ4n) is 3.14. The van der Waals surface area contributed by atoms with Gasteiger partial charge >= 0.3 is 12.1 Å².